The molecular formula is C20H19ClN4O4. The molecule has 0 atom stereocenters. The Labute approximate surface area is 172 Å². The molecule has 0 aliphatic heterocycles. The summed E-state index contributed by atoms with van der Waals surface area (Å²) in [6.45, 7) is 2.34. The molecule has 0 aliphatic rings. The highest BCUT2D eigenvalue weighted by Gasteiger charge is 2.16. The molecule has 9 heteroatoms. The average molecular weight is 415 g/mol. The molecule has 0 unspecified atom stereocenters. The van der Waals surface area contributed by atoms with E-state index in [1.54, 1.807) is 12.1 Å². The summed E-state index contributed by atoms with van der Waals surface area (Å²) in [6.07, 6.45) is 0. The minimum atomic E-state index is -0.523. The second kappa shape index (κ2) is 9.20. The number of carbonyl (C=O) groups excluding carboxylic acids is 2. The first-order valence-corrected chi connectivity index (χ1v) is 9.16. The molecule has 150 valence electrons. The molecule has 2 N–H and O–H groups in total. The molecule has 2 amide bonds. The van der Waals surface area contributed by atoms with Crippen molar-refractivity contribution in [3.8, 4) is 17.1 Å². The van der Waals surface area contributed by atoms with Crippen molar-refractivity contribution >= 4 is 23.4 Å². The number of benzene rings is 2. The van der Waals surface area contributed by atoms with Crippen LogP contribution in [0, 0.1) is 6.92 Å². The standard InChI is InChI=1S/C20H19ClN4O4/c1-12-3-5-13(6-4-12)17-24-20(29-25-17)19(27)23-10-9-22-18(26)15-11-14(21)7-8-16(15)28-2/h3-8,11H,9-10H2,1-2H3,(H,22,26)(H,23,27). The molecule has 8 nitrogen and oxygen atoms in total. The highest BCUT2D eigenvalue weighted by atomic mass is 35.5. The van der Waals surface area contributed by atoms with Gasteiger partial charge in [-0.15, -0.1) is 0 Å². The predicted molar refractivity (Wildman–Crippen MR) is 107 cm³/mol. The Kier molecular flexibility index (Phi) is 6.46. The fraction of sp³-hybridized carbons (Fsp3) is 0.200. The van der Waals surface area contributed by atoms with Crippen molar-refractivity contribution in [3.63, 3.8) is 0 Å². The Morgan fingerprint density at radius 3 is 2.45 bits per heavy atom. The Bertz CT molecular complexity index is 1020. The highest BCUT2D eigenvalue weighted by Crippen LogP contribution is 2.22. The van der Waals surface area contributed by atoms with E-state index in [4.69, 9.17) is 20.9 Å². The number of halogens is 1. The maximum Gasteiger partial charge on any atom is 0.316 e. The van der Waals surface area contributed by atoms with Gasteiger partial charge < -0.3 is 19.9 Å². The van der Waals surface area contributed by atoms with Crippen LogP contribution in [-0.4, -0.2) is 42.2 Å². The number of ether oxygens (including phenoxy) is 1. The monoisotopic (exact) mass is 414 g/mol. The van der Waals surface area contributed by atoms with Gasteiger partial charge in [-0.05, 0) is 25.1 Å². The quantitative estimate of drug-likeness (QED) is 0.576. The number of aryl methyl sites for hydroxylation is 1. The number of hydrogen-bond acceptors (Lipinski definition) is 6. The maximum absolute atomic E-state index is 12.3. The van der Waals surface area contributed by atoms with Crippen LogP contribution in [0.5, 0.6) is 5.75 Å². The van der Waals surface area contributed by atoms with E-state index < -0.39 is 5.91 Å². The predicted octanol–water partition coefficient (Wildman–Crippen LogP) is 2.87. The zero-order valence-electron chi connectivity index (χ0n) is 15.9. The molecule has 0 spiro atoms. The van der Waals surface area contributed by atoms with Gasteiger partial charge in [0.05, 0.1) is 12.7 Å². The van der Waals surface area contributed by atoms with Gasteiger partial charge >= 0.3 is 11.8 Å². The summed E-state index contributed by atoms with van der Waals surface area (Å²) in [4.78, 5) is 28.5. The fourth-order valence-electron chi connectivity index (χ4n) is 2.52. The largest absolute Gasteiger partial charge is 0.496 e. The smallest absolute Gasteiger partial charge is 0.316 e. The Balaban J connectivity index is 1.51. The summed E-state index contributed by atoms with van der Waals surface area (Å²) in [7, 11) is 1.47. The van der Waals surface area contributed by atoms with Crippen molar-refractivity contribution in [2.24, 2.45) is 0 Å². The first-order chi connectivity index (χ1) is 14.0. The van der Waals surface area contributed by atoms with Crippen LogP contribution in [0.25, 0.3) is 11.4 Å². The number of hydrogen-bond donors (Lipinski definition) is 2. The van der Waals surface area contributed by atoms with E-state index >= 15 is 0 Å². The lowest BCUT2D eigenvalue weighted by molar-refractivity contribution is 0.0897. The molecular weight excluding hydrogens is 396 g/mol. The molecule has 0 saturated heterocycles. The molecule has 0 fully saturated rings. The minimum absolute atomic E-state index is 0.150. The van der Waals surface area contributed by atoms with Crippen LogP contribution in [0.15, 0.2) is 47.0 Å². The minimum Gasteiger partial charge on any atom is -0.496 e. The van der Waals surface area contributed by atoms with E-state index in [-0.39, 0.29) is 24.9 Å². The lowest BCUT2D eigenvalue weighted by Gasteiger charge is -2.09. The first-order valence-electron chi connectivity index (χ1n) is 8.78. The third kappa shape index (κ3) is 5.11. The third-order valence-corrected chi connectivity index (χ3v) is 4.27. The van der Waals surface area contributed by atoms with Crippen LogP contribution in [0.2, 0.25) is 5.02 Å². The molecule has 0 aliphatic carbocycles. The van der Waals surface area contributed by atoms with Crippen molar-refractivity contribution in [1.29, 1.82) is 0 Å². The highest BCUT2D eigenvalue weighted by molar-refractivity contribution is 6.31. The van der Waals surface area contributed by atoms with Crippen molar-refractivity contribution in [3.05, 3.63) is 64.5 Å². The van der Waals surface area contributed by atoms with Gasteiger partial charge in [-0.1, -0.05) is 46.6 Å². The number of nitrogens with one attached hydrogen (secondary N) is 2. The van der Waals surface area contributed by atoms with Crippen LogP contribution in [0.4, 0.5) is 0 Å². The van der Waals surface area contributed by atoms with Crippen LogP contribution in [-0.2, 0) is 0 Å². The van der Waals surface area contributed by atoms with Gasteiger partial charge in [-0.3, -0.25) is 9.59 Å². The summed E-state index contributed by atoms with van der Waals surface area (Å²) in [5, 5.41) is 9.54. The van der Waals surface area contributed by atoms with E-state index in [0.717, 1.165) is 11.1 Å². The van der Waals surface area contributed by atoms with Crippen LogP contribution >= 0.6 is 11.6 Å². The van der Waals surface area contributed by atoms with Crippen LogP contribution in [0.1, 0.15) is 26.6 Å². The molecule has 1 aromatic heterocycles. The van der Waals surface area contributed by atoms with E-state index in [9.17, 15) is 9.59 Å². The number of methoxy groups -OCH3 is 1. The van der Waals surface area contributed by atoms with Gasteiger partial charge in [-0.25, -0.2) is 0 Å². The number of nitrogens with zero attached hydrogens (tertiary/aromatic N) is 2. The Hall–Kier alpha value is -3.39. The fourth-order valence-corrected chi connectivity index (χ4v) is 2.69. The van der Waals surface area contributed by atoms with Crippen molar-refractivity contribution < 1.29 is 18.8 Å². The van der Waals surface area contributed by atoms with Crippen molar-refractivity contribution in [2.75, 3.05) is 20.2 Å². The molecule has 0 radical (unpaired) electrons. The van der Waals surface area contributed by atoms with Gasteiger partial charge in [0.1, 0.15) is 5.75 Å². The number of carbonyl (C=O) groups is 2. The van der Waals surface area contributed by atoms with Gasteiger partial charge in [0.15, 0.2) is 0 Å². The number of rotatable bonds is 7. The third-order valence-electron chi connectivity index (χ3n) is 4.03. The zero-order chi connectivity index (χ0) is 20.8. The second-order valence-corrected chi connectivity index (χ2v) is 6.58. The number of aromatic nitrogens is 2. The van der Waals surface area contributed by atoms with E-state index in [1.165, 1.54) is 13.2 Å². The van der Waals surface area contributed by atoms with Gasteiger partial charge in [0, 0.05) is 23.7 Å². The van der Waals surface area contributed by atoms with Crippen LogP contribution < -0.4 is 15.4 Å². The molecule has 0 bridgehead atoms. The van der Waals surface area contributed by atoms with Gasteiger partial charge in [0.2, 0.25) is 5.82 Å². The molecule has 2 aromatic carbocycles. The second-order valence-electron chi connectivity index (χ2n) is 6.15. The SMILES string of the molecule is COc1ccc(Cl)cc1C(=O)NCCNC(=O)c1nc(-c2ccc(C)cc2)no1. The summed E-state index contributed by atoms with van der Waals surface area (Å²) in [6, 6.07) is 12.3. The Morgan fingerprint density at radius 1 is 1.07 bits per heavy atom. The van der Waals surface area contributed by atoms with E-state index in [2.05, 4.69) is 20.8 Å². The van der Waals surface area contributed by atoms with Crippen molar-refractivity contribution in [2.45, 2.75) is 6.92 Å². The zero-order valence-corrected chi connectivity index (χ0v) is 16.6. The lowest BCUT2D eigenvalue weighted by atomic mass is 10.1. The molecule has 1 heterocycles. The molecule has 0 saturated carbocycles. The maximum atomic E-state index is 12.3. The summed E-state index contributed by atoms with van der Waals surface area (Å²) < 4.78 is 10.2. The van der Waals surface area contributed by atoms with Crippen molar-refractivity contribution in [1.82, 2.24) is 20.8 Å². The van der Waals surface area contributed by atoms with Gasteiger partial charge in [-0.2, -0.15) is 4.98 Å². The number of amides is 2. The van der Waals surface area contributed by atoms with E-state index in [1.807, 2.05) is 31.2 Å². The van der Waals surface area contributed by atoms with Gasteiger partial charge in [0.25, 0.3) is 5.91 Å². The summed E-state index contributed by atoms with van der Waals surface area (Å²) in [5.74, 6) is -0.297. The Morgan fingerprint density at radius 2 is 1.76 bits per heavy atom. The summed E-state index contributed by atoms with van der Waals surface area (Å²) >= 11 is 5.93. The molecule has 29 heavy (non-hydrogen) atoms. The average Bonchev–Trinajstić information content (AvgIpc) is 3.21. The first kappa shape index (κ1) is 20.3. The normalized spacial score (nSPS) is 10.4. The molecule has 3 rings (SSSR count). The molecule has 3 aromatic rings. The van der Waals surface area contributed by atoms with Crippen LogP contribution in [0.3, 0.4) is 0 Å². The lowest BCUT2D eigenvalue weighted by Crippen LogP contribution is -2.35. The topological polar surface area (TPSA) is 106 Å². The summed E-state index contributed by atoms with van der Waals surface area (Å²) in [5.41, 5.74) is 2.17. The van der Waals surface area contributed by atoms with E-state index in [0.29, 0.717) is 22.2 Å².